The van der Waals surface area contributed by atoms with Crippen LogP contribution in [-0.2, 0) is 9.59 Å². The van der Waals surface area contributed by atoms with Crippen LogP contribution in [0.15, 0.2) is 66.7 Å². The fourth-order valence-corrected chi connectivity index (χ4v) is 3.19. The number of nitrogens with one attached hydrogen (secondary N) is 1. The third-order valence-electron chi connectivity index (χ3n) is 4.70. The van der Waals surface area contributed by atoms with E-state index < -0.39 is 0 Å². The highest BCUT2D eigenvalue weighted by molar-refractivity contribution is 5.95. The molecule has 150 valence electrons. The summed E-state index contributed by atoms with van der Waals surface area (Å²) in [7, 11) is 0. The molecule has 0 heterocycles. The first kappa shape index (κ1) is 20.4. The second-order valence-corrected chi connectivity index (χ2v) is 6.94. The zero-order chi connectivity index (χ0) is 20.6. The number of rotatable bonds is 8. The molecule has 0 aromatic heterocycles. The van der Waals surface area contributed by atoms with Crippen molar-refractivity contribution < 1.29 is 14.3 Å². The minimum atomic E-state index is -0.216. The molecule has 0 spiro atoms. The quantitative estimate of drug-likeness (QED) is 0.620. The third kappa shape index (κ3) is 5.35. The molecule has 3 aromatic carbocycles. The van der Waals surface area contributed by atoms with Gasteiger partial charge in [0.05, 0.1) is 6.54 Å². The van der Waals surface area contributed by atoms with Gasteiger partial charge in [-0.15, -0.1) is 0 Å². The van der Waals surface area contributed by atoms with Crippen LogP contribution in [0.1, 0.15) is 18.9 Å². The Hall–Kier alpha value is -3.34. The molecule has 0 aliphatic rings. The molecule has 0 unspecified atom stereocenters. The van der Waals surface area contributed by atoms with Crippen LogP contribution in [0.3, 0.4) is 0 Å². The second kappa shape index (κ2) is 9.73. The molecule has 0 aliphatic carbocycles. The zero-order valence-electron chi connectivity index (χ0n) is 16.9. The Bertz CT molecular complexity index is 995. The van der Waals surface area contributed by atoms with Gasteiger partial charge in [-0.3, -0.25) is 9.59 Å². The van der Waals surface area contributed by atoms with Crippen molar-refractivity contribution >= 4 is 28.3 Å². The number of carbonyl (C=O) groups excluding carboxylic acids is 2. The van der Waals surface area contributed by atoms with E-state index in [0.29, 0.717) is 12.3 Å². The number of aryl methyl sites for hydroxylation is 1. The first-order chi connectivity index (χ1) is 14.1. The molecule has 0 saturated carbocycles. The maximum Gasteiger partial charge on any atom is 0.260 e. The molecular weight excluding hydrogens is 364 g/mol. The van der Waals surface area contributed by atoms with Gasteiger partial charge in [0, 0.05) is 17.6 Å². The molecule has 1 N–H and O–H groups in total. The zero-order valence-corrected chi connectivity index (χ0v) is 16.9. The summed E-state index contributed by atoms with van der Waals surface area (Å²) in [5.41, 5.74) is 1.74. The van der Waals surface area contributed by atoms with Crippen molar-refractivity contribution in [2.45, 2.75) is 20.3 Å². The predicted octanol–water partition coefficient (Wildman–Crippen LogP) is 4.40. The first-order valence-corrected chi connectivity index (χ1v) is 9.82. The lowest BCUT2D eigenvalue weighted by molar-refractivity contribution is -0.136. The molecule has 0 fully saturated rings. The highest BCUT2D eigenvalue weighted by Gasteiger charge is 2.18. The van der Waals surface area contributed by atoms with Gasteiger partial charge in [-0.1, -0.05) is 61.5 Å². The molecule has 5 nitrogen and oxygen atoms in total. The standard InChI is InChI=1S/C24H26N2O3/c1-3-15-26(16-23(27)25-21-13-7-4-9-18(21)2)24(28)17-29-22-14-8-11-19-10-5-6-12-20(19)22/h4-14H,3,15-17H2,1-2H3,(H,25,27). The van der Waals surface area contributed by atoms with Crippen molar-refractivity contribution in [2.24, 2.45) is 0 Å². The molecule has 3 rings (SSSR count). The van der Waals surface area contributed by atoms with E-state index >= 15 is 0 Å². The van der Waals surface area contributed by atoms with Gasteiger partial charge < -0.3 is 15.0 Å². The van der Waals surface area contributed by atoms with Crippen molar-refractivity contribution in [3.63, 3.8) is 0 Å². The molecule has 0 bridgehead atoms. The number of fused-ring (bicyclic) bond motifs is 1. The largest absolute Gasteiger partial charge is 0.483 e. The fraction of sp³-hybridized carbons (Fsp3) is 0.250. The Morgan fingerprint density at radius 1 is 0.966 bits per heavy atom. The Kier molecular flexibility index (Phi) is 6.85. The lowest BCUT2D eigenvalue weighted by Crippen LogP contribution is -2.41. The molecule has 0 atom stereocenters. The molecule has 3 aromatic rings. The van der Waals surface area contributed by atoms with Crippen LogP contribution in [0.4, 0.5) is 5.69 Å². The van der Waals surface area contributed by atoms with Crippen LogP contribution >= 0.6 is 0 Å². The van der Waals surface area contributed by atoms with Crippen molar-refractivity contribution in [2.75, 3.05) is 25.0 Å². The summed E-state index contributed by atoms with van der Waals surface area (Å²) in [5.74, 6) is 0.239. The summed E-state index contributed by atoms with van der Waals surface area (Å²) in [5, 5.41) is 4.89. The number of nitrogens with zero attached hydrogens (tertiary/aromatic N) is 1. The highest BCUT2D eigenvalue weighted by atomic mass is 16.5. The van der Waals surface area contributed by atoms with E-state index in [1.165, 1.54) is 0 Å². The minimum Gasteiger partial charge on any atom is -0.483 e. The van der Waals surface area contributed by atoms with Crippen LogP contribution < -0.4 is 10.1 Å². The Balaban J connectivity index is 1.63. The Labute approximate surface area is 171 Å². The van der Waals surface area contributed by atoms with E-state index in [1.807, 2.05) is 80.6 Å². The normalized spacial score (nSPS) is 10.6. The Morgan fingerprint density at radius 3 is 2.48 bits per heavy atom. The maximum absolute atomic E-state index is 12.7. The van der Waals surface area contributed by atoms with Gasteiger partial charge in [0.15, 0.2) is 6.61 Å². The molecule has 0 saturated heterocycles. The van der Waals surface area contributed by atoms with E-state index in [2.05, 4.69) is 5.32 Å². The van der Waals surface area contributed by atoms with E-state index in [-0.39, 0.29) is 25.0 Å². The van der Waals surface area contributed by atoms with Crippen LogP contribution in [0.2, 0.25) is 0 Å². The summed E-state index contributed by atoms with van der Waals surface area (Å²) in [6.07, 6.45) is 0.762. The number of benzene rings is 3. The SMILES string of the molecule is CCCN(CC(=O)Nc1ccccc1C)C(=O)COc1cccc2ccccc12. The minimum absolute atomic E-state index is 0.0000942. The van der Waals surface area contributed by atoms with Gasteiger partial charge in [-0.25, -0.2) is 0 Å². The number of anilines is 1. The lowest BCUT2D eigenvalue weighted by Gasteiger charge is -2.22. The molecule has 0 radical (unpaired) electrons. The van der Waals surface area contributed by atoms with Crippen molar-refractivity contribution in [1.29, 1.82) is 0 Å². The van der Waals surface area contributed by atoms with Crippen LogP contribution in [-0.4, -0.2) is 36.4 Å². The monoisotopic (exact) mass is 390 g/mol. The number of carbonyl (C=O) groups is 2. The number of para-hydroxylation sites is 1. The van der Waals surface area contributed by atoms with E-state index in [4.69, 9.17) is 4.74 Å². The molecule has 2 amide bonds. The summed E-state index contributed by atoms with van der Waals surface area (Å²) < 4.78 is 5.80. The second-order valence-electron chi connectivity index (χ2n) is 6.94. The van der Waals surface area contributed by atoms with Gasteiger partial charge >= 0.3 is 0 Å². The molecule has 29 heavy (non-hydrogen) atoms. The van der Waals surface area contributed by atoms with Crippen LogP contribution in [0.25, 0.3) is 10.8 Å². The van der Waals surface area contributed by atoms with Crippen molar-refractivity contribution in [1.82, 2.24) is 4.90 Å². The van der Waals surface area contributed by atoms with Gasteiger partial charge in [-0.2, -0.15) is 0 Å². The van der Waals surface area contributed by atoms with Crippen LogP contribution in [0, 0.1) is 6.92 Å². The molecule has 0 aliphatic heterocycles. The topological polar surface area (TPSA) is 58.6 Å². The summed E-state index contributed by atoms with van der Waals surface area (Å²) in [6.45, 7) is 4.30. The van der Waals surface area contributed by atoms with Crippen molar-refractivity contribution in [3.05, 3.63) is 72.3 Å². The fourth-order valence-electron chi connectivity index (χ4n) is 3.19. The van der Waals surface area contributed by atoms with E-state index in [0.717, 1.165) is 28.4 Å². The third-order valence-corrected chi connectivity index (χ3v) is 4.70. The summed E-state index contributed by atoms with van der Waals surface area (Å²) >= 11 is 0. The first-order valence-electron chi connectivity index (χ1n) is 9.82. The number of hydrogen-bond acceptors (Lipinski definition) is 3. The maximum atomic E-state index is 12.7. The molecule has 5 heteroatoms. The highest BCUT2D eigenvalue weighted by Crippen LogP contribution is 2.25. The number of amides is 2. The van der Waals surface area contributed by atoms with Gasteiger partial charge in [0.25, 0.3) is 5.91 Å². The van der Waals surface area contributed by atoms with Gasteiger partial charge in [0.1, 0.15) is 5.75 Å². The summed E-state index contributed by atoms with van der Waals surface area (Å²) in [4.78, 5) is 26.7. The Morgan fingerprint density at radius 2 is 1.69 bits per heavy atom. The van der Waals surface area contributed by atoms with E-state index in [9.17, 15) is 9.59 Å². The van der Waals surface area contributed by atoms with Gasteiger partial charge in [0.2, 0.25) is 5.91 Å². The summed E-state index contributed by atoms with van der Waals surface area (Å²) in [6, 6.07) is 21.2. The number of ether oxygens (including phenoxy) is 1. The average molecular weight is 390 g/mol. The number of hydrogen-bond donors (Lipinski definition) is 1. The lowest BCUT2D eigenvalue weighted by atomic mass is 10.1. The van der Waals surface area contributed by atoms with E-state index in [1.54, 1.807) is 4.90 Å². The molecular formula is C24H26N2O3. The average Bonchev–Trinajstić information content (AvgIpc) is 2.73. The van der Waals surface area contributed by atoms with Crippen LogP contribution in [0.5, 0.6) is 5.75 Å². The van der Waals surface area contributed by atoms with Gasteiger partial charge in [-0.05, 0) is 36.4 Å². The predicted molar refractivity (Wildman–Crippen MR) is 116 cm³/mol. The smallest absolute Gasteiger partial charge is 0.260 e. The van der Waals surface area contributed by atoms with Crippen molar-refractivity contribution in [3.8, 4) is 5.75 Å².